The van der Waals surface area contributed by atoms with Crippen LogP contribution in [-0.4, -0.2) is 31.1 Å². The Kier molecular flexibility index (Phi) is 5.45. The van der Waals surface area contributed by atoms with Crippen LogP contribution in [0.5, 0.6) is 0 Å². The van der Waals surface area contributed by atoms with Crippen molar-refractivity contribution in [1.82, 2.24) is 10.2 Å². The molecule has 1 aromatic carbocycles. The van der Waals surface area contributed by atoms with Crippen molar-refractivity contribution in [2.45, 2.75) is 45.6 Å². The molecule has 0 radical (unpaired) electrons. The largest absolute Gasteiger partial charge is 0.489 e. The molecule has 0 saturated carbocycles. The normalized spacial score (nSPS) is 20.3. The third-order valence-corrected chi connectivity index (χ3v) is 5.78. The van der Waals surface area contributed by atoms with Gasteiger partial charge in [-0.3, -0.25) is 0 Å². The molecule has 0 aromatic heterocycles. The minimum absolute atomic E-state index is 0.651. The molecule has 4 rings (SSSR count). The topological polar surface area (TPSA) is 24.5 Å². The number of ether oxygens (including phenoxy) is 1. The van der Waals surface area contributed by atoms with E-state index < -0.39 is 0 Å². The van der Waals surface area contributed by atoms with Gasteiger partial charge >= 0.3 is 0 Å². The fourth-order valence-corrected chi connectivity index (χ4v) is 4.19. The van der Waals surface area contributed by atoms with Gasteiger partial charge in [-0.2, -0.15) is 0 Å². The number of allylic oxidation sites excluding steroid dienone is 4. The Bertz CT molecular complexity index is 738. The zero-order chi connectivity index (χ0) is 17.8. The highest BCUT2D eigenvalue weighted by molar-refractivity contribution is 5.74. The first-order valence-electron chi connectivity index (χ1n) is 10.2. The lowest BCUT2D eigenvalue weighted by Crippen LogP contribution is -2.35. The van der Waals surface area contributed by atoms with Crippen LogP contribution in [0.2, 0.25) is 0 Å². The highest BCUT2D eigenvalue weighted by Gasteiger charge is 2.24. The van der Waals surface area contributed by atoms with E-state index in [1.165, 1.54) is 60.3 Å². The molecule has 138 valence electrons. The van der Waals surface area contributed by atoms with Crippen molar-refractivity contribution in [3.05, 3.63) is 64.4 Å². The molecule has 3 heteroatoms. The van der Waals surface area contributed by atoms with Crippen LogP contribution in [0, 0.1) is 0 Å². The number of nitrogens with zero attached hydrogens (tertiary/aromatic N) is 1. The molecule has 1 aromatic rings. The van der Waals surface area contributed by atoms with Gasteiger partial charge in [0.05, 0.1) is 0 Å². The number of nitrogens with one attached hydrogen (secondary N) is 1. The van der Waals surface area contributed by atoms with Crippen molar-refractivity contribution in [3.8, 4) is 0 Å². The standard InChI is InChI=1S/C23H30N2O/c1-2-18-10-11-22-21(16-18)23(20-9-5-4-8-19(20)17-26-22)24-12-15-25-13-6-3-7-14-25/h4-5,8-11,24H,2-3,6-7,12-17H2,1H3. The van der Waals surface area contributed by atoms with Crippen molar-refractivity contribution in [2.24, 2.45) is 0 Å². The van der Waals surface area contributed by atoms with E-state index in [1.807, 2.05) is 0 Å². The third-order valence-electron chi connectivity index (χ3n) is 5.78. The summed E-state index contributed by atoms with van der Waals surface area (Å²) < 4.78 is 6.16. The zero-order valence-electron chi connectivity index (χ0n) is 15.9. The van der Waals surface area contributed by atoms with Crippen LogP contribution < -0.4 is 5.32 Å². The molecule has 2 aliphatic heterocycles. The molecule has 1 N–H and O–H groups in total. The third kappa shape index (κ3) is 3.73. The summed E-state index contributed by atoms with van der Waals surface area (Å²) in [6.07, 6.45) is 10.6. The molecule has 0 spiro atoms. The summed E-state index contributed by atoms with van der Waals surface area (Å²) >= 11 is 0. The van der Waals surface area contributed by atoms with Gasteiger partial charge in [0.15, 0.2) is 0 Å². The van der Waals surface area contributed by atoms with Gasteiger partial charge in [0, 0.05) is 29.9 Å². The van der Waals surface area contributed by atoms with Crippen LogP contribution in [0.4, 0.5) is 0 Å². The molecule has 3 nitrogen and oxygen atoms in total. The Hall–Kier alpha value is -2.00. The maximum atomic E-state index is 6.16. The number of rotatable bonds is 5. The maximum Gasteiger partial charge on any atom is 0.125 e. The minimum Gasteiger partial charge on any atom is -0.489 e. The summed E-state index contributed by atoms with van der Waals surface area (Å²) in [5, 5.41) is 3.80. The van der Waals surface area contributed by atoms with E-state index in [9.17, 15) is 0 Å². The van der Waals surface area contributed by atoms with E-state index in [1.54, 1.807) is 0 Å². The van der Waals surface area contributed by atoms with E-state index in [-0.39, 0.29) is 0 Å². The fraction of sp³-hybridized carbons (Fsp3) is 0.478. The van der Waals surface area contributed by atoms with Crippen LogP contribution in [0.25, 0.3) is 5.70 Å². The van der Waals surface area contributed by atoms with Crippen molar-refractivity contribution >= 4 is 5.70 Å². The Morgan fingerprint density at radius 2 is 1.92 bits per heavy atom. The molecule has 0 bridgehead atoms. The second-order valence-electron chi connectivity index (χ2n) is 7.51. The number of fused-ring (bicyclic) bond motifs is 2. The van der Waals surface area contributed by atoms with E-state index in [4.69, 9.17) is 4.74 Å². The Balaban J connectivity index is 1.59. The smallest absolute Gasteiger partial charge is 0.125 e. The van der Waals surface area contributed by atoms with Crippen molar-refractivity contribution < 1.29 is 4.74 Å². The molecule has 1 aliphatic carbocycles. The van der Waals surface area contributed by atoms with Gasteiger partial charge < -0.3 is 15.0 Å². The van der Waals surface area contributed by atoms with Gasteiger partial charge in [0.1, 0.15) is 12.4 Å². The first-order chi connectivity index (χ1) is 12.8. The summed E-state index contributed by atoms with van der Waals surface area (Å²) in [5.41, 5.74) is 6.66. The molecule has 1 saturated heterocycles. The minimum atomic E-state index is 0.651. The van der Waals surface area contributed by atoms with Gasteiger partial charge in [-0.1, -0.05) is 49.3 Å². The van der Waals surface area contributed by atoms with Gasteiger partial charge in [0.2, 0.25) is 0 Å². The molecular formula is C23H30N2O. The van der Waals surface area contributed by atoms with Crippen LogP contribution in [0.1, 0.15) is 50.2 Å². The van der Waals surface area contributed by atoms with Crippen molar-refractivity contribution in [2.75, 3.05) is 26.2 Å². The van der Waals surface area contributed by atoms with Crippen molar-refractivity contribution in [3.63, 3.8) is 0 Å². The number of likely N-dealkylation sites (tertiary alicyclic amines) is 1. The van der Waals surface area contributed by atoms with Gasteiger partial charge in [0.25, 0.3) is 0 Å². The van der Waals surface area contributed by atoms with E-state index in [0.29, 0.717) is 6.61 Å². The molecule has 26 heavy (non-hydrogen) atoms. The molecule has 0 atom stereocenters. The molecular weight excluding hydrogens is 320 g/mol. The molecule has 1 fully saturated rings. The first kappa shape index (κ1) is 17.4. The molecule has 2 heterocycles. The van der Waals surface area contributed by atoms with Crippen LogP contribution in [0.15, 0.2) is 53.3 Å². The lowest BCUT2D eigenvalue weighted by molar-refractivity contribution is 0.207. The number of hydrogen-bond acceptors (Lipinski definition) is 3. The quantitative estimate of drug-likeness (QED) is 0.838. The summed E-state index contributed by atoms with van der Waals surface area (Å²) in [5.74, 6) is 1.04. The lowest BCUT2D eigenvalue weighted by Gasteiger charge is -2.27. The highest BCUT2D eigenvalue weighted by Crippen LogP contribution is 2.36. The molecule has 0 amide bonds. The lowest BCUT2D eigenvalue weighted by atomic mass is 9.92. The maximum absolute atomic E-state index is 6.16. The molecule has 3 aliphatic rings. The van der Waals surface area contributed by atoms with Gasteiger partial charge in [-0.25, -0.2) is 0 Å². The molecule has 0 unspecified atom stereocenters. The SMILES string of the molecule is CCC1=CC=C2OCc3ccccc3C(NCCN3CCCCC3)=C2C1. The predicted octanol–water partition coefficient (Wildman–Crippen LogP) is 4.63. The van der Waals surface area contributed by atoms with Crippen LogP contribution in [-0.2, 0) is 11.3 Å². The van der Waals surface area contributed by atoms with E-state index in [0.717, 1.165) is 31.7 Å². The van der Waals surface area contributed by atoms with Crippen LogP contribution >= 0.6 is 0 Å². The first-order valence-corrected chi connectivity index (χ1v) is 10.2. The Labute approximate surface area is 157 Å². The monoisotopic (exact) mass is 350 g/mol. The Morgan fingerprint density at radius 1 is 1.08 bits per heavy atom. The zero-order valence-corrected chi connectivity index (χ0v) is 15.9. The van der Waals surface area contributed by atoms with Crippen LogP contribution in [0.3, 0.4) is 0 Å². The van der Waals surface area contributed by atoms with E-state index >= 15 is 0 Å². The van der Waals surface area contributed by atoms with Crippen molar-refractivity contribution in [1.29, 1.82) is 0 Å². The predicted molar refractivity (Wildman–Crippen MR) is 108 cm³/mol. The summed E-state index contributed by atoms with van der Waals surface area (Å²) in [6, 6.07) is 8.67. The fourth-order valence-electron chi connectivity index (χ4n) is 4.19. The number of benzene rings is 1. The average molecular weight is 351 g/mol. The second kappa shape index (κ2) is 8.13. The second-order valence-corrected chi connectivity index (χ2v) is 7.51. The van der Waals surface area contributed by atoms with Gasteiger partial charge in [-0.05, 0) is 50.4 Å². The van der Waals surface area contributed by atoms with Gasteiger partial charge in [-0.15, -0.1) is 0 Å². The summed E-state index contributed by atoms with van der Waals surface area (Å²) in [4.78, 5) is 2.59. The average Bonchev–Trinajstić information content (AvgIpc) is 2.86. The van der Waals surface area contributed by atoms with E-state index in [2.05, 4.69) is 53.6 Å². The number of hydrogen-bond donors (Lipinski definition) is 1. The summed E-state index contributed by atoms with van der Waals surface area (Å²) in [7, 11) is 0. The summed E-state index contributed by atoms with van der Waals surface area (Å²) in [6.45, 7) is 7.50. The Morgan fingerprint density at radius 3 is 2.77 bits per heavy atom. The highest BCUT2D eigenvalue weighted by atomic mass is 16.5. The number of piperidine rings is 1.